The van der Waals surface area contributed by atoms with E-state index >= 15 is 0 Å². The van der Waals surface area contributed by atoms with E-state index in [1.807, 2.05) is 35.8 Å². The minimum atomic E-state index is -1.07. The van der Waals surface area contributed by atoms with Gasteiger partial charge in [-0.25, -0.2) is 9.78 Å². The normalized spacial score (nSPS) is 11.8. The van der Waals surface area contributed by atoms with Gasteiger partial charge in [-0.15, -0.1) is 5.10 Å². The molecular weight excluding hydrogens is 380 g/mol. The Morgan fingerprint density at radius 1 is 1.32 bits per heavy atom. The third-order valence-corrected chi connectivity index (χ3v) is 5.01. The highest BCUT2D eigenvalue weighted by Gasteiger charge is 2.19. The fourth-order valence-corrected chi connectivity index (χ4v) is 3.65. The lowest BCUT2D eigenvalue weighted by Gasteiger charge is -2.07. The Bertz CT molecular complexity index is 1070. The summed E-state index contributed by atoms with van der Waals surface area (Å²) < 4.78 is 6.90. The summed E-state index contributed by atoms with van der Waals surface area (Å²) in [6.07, 6.45) is 1.60. The van der Waals surface area contributed by atoms with Gasteiger partial charge in [0.1, 0.15) is 17.3 Å². The molecule has 3 aromatic rings. The first kappa shape index (κ1) is 19.7. The number of carbonyl (C=O) groups is 2. The first-order valence-corrected chi connectivity index (χ1v) is 9.47. The van der Waals surface area contributed by atoms with Gasteiger partial charge in [0.15, 0.2) is 0 Å². The molecule has 0 saturated carbocycles. The van der Waals surface area contributed by atoms with Crippen molar-refractivity contribution in [2.24, 2.45) is 0 Å². The fraction of sp³-hybridized carbons (Fsp3) is 0.263. The van der Waals surface area contributed by atoms with Crippen molar-refractivity contribution in [3.05, 3.63) is 46.3 Å². The molecule has 8 nitrogen and oxygen atoms in total. The van der Waals surface area contributed by atoms with Crippen LogP contribution in [0.25, 0.3) is 17.0 Å². The second kappa shape index (κ2) is 8.30. The van der Waals surface area contributed by atoms with E-state index in [2.05, 4.69) is 15.2 Å². The minimum absolute atomic E-state index is 0.0592. The third kappa shape index (κ3) is 4.09. The highest BCUT2D eigenvalue weighted by atomic mass is 32.2. The molecule has 2 N–H and O–H groups in total. The molecule has 1 aromatic carbocycles. The van der Waals surface area contributed by atoms with Crippen LogP contribution in [-0.2, 0) is 20.9 Å². The molecule has 28 heavy (non-hydrogen) atoms. The molecule has 0 bridgehead atoms. The summed E-state index contributed by atoms with van der Waals surface area (Å²) in [6, 6.07) is 7.54. The second-order valence-electron chi connectivity index (χ2n) is 6.03. The maximum absolute atomic E-state index is 12.0. The summed E-state index contributed by atoms with van der Waals surface area (Å²) in [5.41, 5.74) is 2.35. The lowest BCUT2D eigenvalue weighted by molar-refractivity contribution is -0.143. The number of thioether (sulfide) groups is 1. The smallest absolute Gasteiger partial charge is 0.342 e. The number of H-pyrrole nitrogens is 1. The van der Waals surface area contributed by atoms with Crippen molar-refractivity contribution >= 4 is 40.7 Å². The van der Waals surface area contributed by atoms with Crippen LogP contribution in [0.5, 0.6) is 0 Å². The molecule has 3 rings (SSSR count). The molecule has 0 atom stereocenters. The van der Waals surface area contributed by atoms with E-state index < -0.39 is 5.97 Å². The quantitative estimate of drug-likeness (QED) is 0.356. The van der Waals surface area contributed by atoms with E-state index in [4.69, 9.17) is 4.74 Å². The van der Waals surface area contributed by atoms with Gasteiger partial charge in [-0.3, -0.25) is 9.89 Å². The highest BCUT2D eigenvalue weighted by molar-refractivity contribution is 8.04. The number of aliphatic carboxylic acids is 1. The summed E-state index contributed by atoms with van der Waals surface area (Å²) in [5.74, 6) is -0.811. The van der Waals surface area contributed by atoms with Crippen LogP contribution in [0.3, 0.4) is 0 Å². The van der Waals surface area contributed by atoms with Crippen molar-refractivity contribution in [3.63, 3.8) is 0 Å². The van der Waals surface area contributed by atoms with Crippen LogP contribution in [0.15, 0.2) is 34.3 Å². The number of hydrogen-bond acceptors (Lipinski definition) is 6. The zero-order chi connectivity index (χ0) is 20.3. The molecule has 2 aromatic heterocycles. The lowest BCUT2D eigenvalue weighted by Crippen LogP contribution is -2.14. The van der Waals surface area contributed by atoms with Crippen LogP contribution >= 0.6 is 11.8 Å². The van der Waals surface area contributed by atoms with Crippen molar-refractivity contribution < 1.29 is 19.4 Å². The number of carbonyl (C=O) groups excluding carboxylic acids is 1. The minimum Gasteiger partial charge on any atom is -0.477 e. The molecule has 0 amide bonds. The van der Waals surface area contributed by atoms with Crippen molar-refractivity contribution in [3.8, 4) is 0 Å². The topological polar surface area (TPSA) is 110 Å². The molecule has 0 fully saturated rings. The average molecular weight is 400 g/mol. The predicted molar refractivity (Wildman–Crippen MR) is 106 cm³/mol. The van der Waals surface area contributed by atoms with Crippen LogP contribution in [0.4, 0.5) is 0 Å². The maximum atomic E-state index is 12.0. The van der Waals surface area contributed by atoms with E-state index in [1.54, 1.807) is 19.9 Å². The predicted octanol–water partition coefficient (Wildman–Crippen LogP) is 3.16. The number of hydrogen-bond donors (Lipinski definition) is 2. The van der Waals surface area contributed by atoms with Gasteiger partial charge in [-0.1, -0.05) is 18.2 Å². The summed E-state index contributed by atoms with van der Waals surface area (Å²) >= 11 is 0.968. The number of benzene rings is 1. The Balaban J connectivity index is 2.07. The van der Waals surface area contributed by atoms with E-state index in [0.29, 0.717) is 17.6 Å². The van der Waals surface area contributed by atoms with Crippen molar-refractivity contribution in [1.29, 1.82) is 0 Å². The number of carboxylic acids is 1. The van der Waals surface area contributed by atoms with E-state index in [-0.39, 0.29) is 17.4 Å². The number of fused-ring (bicyclic) bond motifs is 1. The Hall–Kier alpha value is -3.07. The molecule has 146 valence electrons. The molecule has 0 saturated heterocycles. The van der Waals surface area contributed by atoms with E-state index in [1.165, 1.54) is 0 Å². The molecule has 0 radical (unpaired) electrons. The molecule has 0 unspecified atom stereocenters. The van der Waals surface area contributed by atoms with Crippen molar-refractivity contribution in [1.82, 2.24) is 19.7 Å². The summed E-state index contributed by atoms with van der Waals surface area (Å²) in [4.78, 5) is 28.0. The van der Waals surface area contributed by atoms with Gasteiger partial charge in [-0.05, 0) is 44.7 Å². The first-order valence-electron chi connectivity index (χ1n) is 8.66. The summed E-state index contributed by atoms with van der Waals surface area (Å²) in [6.45, 7) is 5.72. The molecule has 2 heterocycles. The Labute approximate surface area is 165 Å². The van der Waals surface area contributed by atoms with Crippen LogP contribution in [0.1, 0.15) is 24.0 Å². The number of aromatic nitrogens is 4. The van der Waals surface area contributed by atoms with Gasteiger partial charge in [0.2, 0.25) is 5.16 Å². The van der Waals surface area contributed by atoms with Gasteiger partial charge >= 0.3 is 11.9 Å². The molecule has 9 heteroatoms. The summed E-state index contributed by atoms with van der Waals surface area (Å²) in [7, 11) is 0. The third-order valence-electron chi connectivity index (χ3n) is 4.14. The second-order valence-corrected chi connectivity index (χ2v) is 7.04. The Morgan fingerprint density at radius 2 is 2.07 bits per heavy atom. The number of aryl methyl sites for hydroxylation is 1. The zero-order valence-electron chi connectivity index (χ0n) is 15.7. The molecule has 0 aliphatic rings. The van der Waals surface area contributed by atoms with Gasteiger partial charge in [-0.2, -0.15) is 0 Å². The van der Waals surface area contributed by atoms with Gasteiger partial charge in [0.25, 0.3) is 0 Å². The molecular formula is C19H20N4O4S. The number of carboxylic acid groups (broad SMARTS) is 1. The monoisotopic (exact) mass is 400 g/mol. The fourth-order valence-electron chi connectivity index (χ4n) is 2.91. The van der Waals surface area contributed by atoms with Crippen LogP contribution in [-0.4, -0.2) is 43.4 Å². The largest absolute Gasteiger partial charge is 0.477 e. The Kier molecular flexibility index (Phi) is 5.84. The van der Waals surface area contributed by atoms with Crippen LogP contribution in [0, 0.1) is 13.8 Å². The molecule has 0 spiro atoms. The van der Waals surface area contributed by atoms with Gasteiger partial charge < -0.3 is 14.4 Å². The number of para-hydroxylation sites is 1. The Morgan fingerprint density at radius 3 is 2.71 bits per heavy atom. The number of ether oxygens (including phenoxy) is 1. The number of nitrogens with one attached hydrogen (secondary N) is 1. The molecule has 0 aliphatic carbocycles. The number of esters is 1. The SMILES string of the molecule is CCOC(=O)Cn1c(C)c(/C=C(\Sc2n[nH]c(C)n2)C(=O)O)c2ccccc21. The zero-order valence-corrected chi connectivity index (χ0v) is 16.5. The molecule has 0 aliphatic heterocycles. The highest BCUT2D eigenvalue weighted by Crippen LogP contribution is 2.32. The van der Waals surface area contributed by atoms with Crippen LogP contribution in [0.2, 0.25) is 0 Å². The van der Waals surface area contributed by atoms with E-state index in [0.717, 1.165) is 33.9 Å². The number of aromatic amines is 1. The van der Waals surface area contributed by atoms with Gasteiger partial charge in [0.05, 0.1) is 6.61 Å². The maximum Gasteiger partial charge on any atom is 0.342 e. The van der Waals surface area contributed by atoms with E-state index in [9.17, 15) is 14.7 Å². The van der Waals surface area contributed by atoms with Crippen molar-refractivity contribution in [2.75, 3.05) is 6.61 Å². The van der Waals surface area contributed by atoms with Gasteiger partial charge in [0, 0.05) is 22.2 Å². The lowest BCUT2D eigenvalue weighted by atomic mass is 10.1. The van der Waals surface area contributed by atoms with Crippen LogP contribution < -0.4 is 0 Å². The summed E-state index contributed by atoms with van der Waals surface area (Å²) in [5, 5.41) is 17.5. The number of nitrogens with zero attached hydrogens (tertiary/aromatic N) is 3. The first-order chi connectivity index (χ1) is 13.4. The van der Waals surface area contributed by atoms with Crippen molar-refractivity contribution in [2.45, 2.75) is 32.5 Å². The average Bonchev–Trinajstić information content (AvgIpc) is 3.17. The number of rotatable bonds is 7. The standard InChI is InChI=1S/C19H20N4O4S/c1-4-27-17(24)10-23-11(2)14(13-7-5-6-8-15(13)23)9-16(18(25)26)28-19-20-12(3)21-22-19/h5-9H,4,10H2,1-3H3,(H,25,26)(H,20,21,22)/b16-9-.